The predicted octanol–water partition coefficient (Wildman–Crippen LogP) is 2.67. The van der Waals surface area contributed by atoms with Crippen molar-refractivity contribution in [3.63, 3.8) is 0 Å². The molecule has 0 spiro atoms. The number of anilines is 2. The minimum Gasteiger partial charge on any atom is -0.350 e. The van der Waals surface area contributed by atoms with Gasteiger partial charge < -0.3 is 15.5 Å². The summed E-state index contributed by atoms with van der Waals surface area (Å²) < 4.78 is 0. The number of likely N-dealkylation sites (tertiary alicyclic amines) is 1. The molecule has 0 radical (unpaired) electrons. The van der Waals surface area contributed by atoms with Crippen LogP contribution in [0, 0.1) is 6.92 Å². The van der Waals surface area contributed by atoms with Gasteiger partial charge in [-0.25, -0.2) is 9.78 Å². The molecule has 1 aromatic heterocycles. The summed E-state index contributed by atoms with van der Waals surface area (Å²) in [6.07, 6.45) is 3.66. The fourth-order valence-corrected chi connectivity index (χ4v) is 5.81. The lowest BCUT2D eigenvalue weighted by Crippen LogP contribution is -2.50. The Hall–Kier alpha value is -3.33. The summed E-state index contributed by atoms with van der Waals surface area (Å²) in [5, 5.41) is 6.32. The Bertz CT molecular complexity index is 1140. The summed E-state index contributed by atoms with van der Waals surface area (Å²) in [5.41, 5.74) is 3.40. The summed E-state index contributed by atoms with van der Waals surface area (Å²) >= 11 is 1.37. The summed E-state index contributed by atoms with van der Waals surface area (Å²) in [6.45, 7) is 6.53. The number of nitrogens with zero attached hydrogens (tertiary/aromatic N) is 3. The number of pyridine rings is 1. The van der Waals surface area contributed by atoms with Crippen LogP contribution in [0.2, 0.25) is 0 Å². The quantitative estimate of drug-likeness (QED) is 0.700. The molecular weight excluding hydrogens is 426 g/mol. The highest BCUT2D eigenvalue weighted by atomic mass is 32.2. The Morgan fingerprint density at radius 1 is 1.28 bits per heavy atom. The third-order valence-corrected chi connectivity index (χ3v) is 7.43. The Morgan fingerprint density at radius 3 is 2.88 bits per heavy atom. The van der Waals surface area contributed by atoms with Gasteiger partial charge in [-0.2, -0.15) is 0 Å². The molecule has 1 saturated heterocycles. The summed E-state index contributed by atoms with van der Waals surface area (Å²) in [7, 11) is 0. The van der Waals surface area contributed by atoms with Gasteiger partial charge in [-0.05, 0) is 37.1 Å². The van der Waals surface area contributed by atoms with Crippen LogP contribution in [0.5, 0.6) is 0 Å². The highest BCUT2D eigenvalue weighted by Gasteiger charge is 2.47. The van der Waals surface area contributed by atoms with Crippen LogP contribution >= 0.6 is 11.8 Å². The van der Waals surface area contributed by atoms with Crippen LogP contribution in [0.4, 0.5) is 16.2 Å². The fourth-order valence-electron chi connectivity index (χ4n) is 4.57. The Labute approximate surface area is 190 Å². The lowest BCUT2D eigenvalue weighted by molar-refractivity contribution is -0.126. The number of hydrogen-bond donors (Lipinski definition) is 2. The average molecular weight is 450 g/mol. The van der Waals surface area contributed by atoms with Gasteiger partial charge in [0.1, 0.15) is 10.3 Å². The number of carbonyl (C=O) groups is 3. The minimum atomic E-state index is -0.522. The van der Waals surface area contributed by atoms with E-state index in [-0.39, 0.29) is 23.9 Å². The molecule has 4 heterocycles. The van der Waals surface area contributed by atoms with Crippen LogP contribution < -0.4 is 15.5 Å². The molecule has 3 atom stereocenters. The number of urea groups is 1. The molecule has 2 aromatic rings. The van der Waals surface area contributed by atoms with E-state index in [1.54, 1.807) is 16.0 Å². The number of benzene rings is 1. The zero-order chi connectivity index (χ0) is 22.4. The Kier molecular flexibility index (Phi) is 5.13. The van der Waals surface area contributed by atoms with Gasteiger partial charge in [0.25, 0.3) is 0 Å². The first kappa shape index (κ1) is 20.6. The molecule has 5 rings (SSSR count). The molecule has 0 saturated carbocycles. The van der Waals surface area contributed by atoms with Crippen LogP contribution in [-0.4, -0.2) is 52.1 Å². The molecule has 2 unspecified atom stereocenters. The number of amides is 4. The van der Waals surface area contributed by atoms with Crippen LogP contribution in [0.15, 0.2) is 54.2 Å². The molecule has 3 aliphatic rings. The number of hydrogen-bond acceptors (Lipinski definition) is 5. The predicted molar refractivity (Wildman–Crippen MR) is 122 cm³/mol. The first-order valence-electron chi connectivity index (χ1n) is 10.5. The molecule has 164 valence electrons. The molecule has 1 aromatic carbocycles. The van der Waals surface area contributed by atoms with Gasteiger partial charge in [0.2, 0.25) is 11.8 Å². The largest absolute Gasteiger partial charge is 0.350 e. The monoisotopic (exact) mass is 449 g/mol. The number of aryl methyl sites for hydroxylation is 1. The number of thioether (sulfide) groups is 1. The topological polar surface area (TPSA) is 94.6 Å². The van der Waals surface area contributed by atoms with Gasteiger partial charge in [0.05, 0.1) is 17.4 Å². The van der Waals surface area contributed by atoms with Crippen molar-refractivity contribution in [1.82, 2.24) is 20.5 Å². The van der Waals surface area contributed by atoms with Gasteiger partial charge in [-0.1, -0.05) is 36.5 Å². The third-order valence-electron chi connectivity index (χ3n) is 6.14. The first-order valence-corrected chi connectivity index (χ1v) is 11.4. The Balaban J connectivity index is 1.40. The molecule has 32 heavy (non-hydrogen) atoms. The molecule has 0 aliphatic carbocycles. The van der Waals surface area contributed by atoms with E-state index in [0.717, 1.165) is 27.5 Å². The van der Waals surface area contributed by atoms with Crippen molar-refractivity contribution < 1.29 is 14.4 Å². The second-order valence-electron chi connectivity index (χ2n) is 8.12. The normalized spacial score (nSPS) is 23.5. The summed E-state index contributed by atoms with van der Waals surface area (Å²) in [6, 6.07) is 8.68. The smallest absolute Gasteiger partial charge is 0.327 e. The molecular formula is C23H23N5O3S. The zero-order valence-electron chi connectivity index (χ0n) is 17.6. The van der Waals surface area contributed by atoms with Gasteiger partial charge in [-0.15, -0.1) is 0 Å². The zero-order valence-corrected chi connectivity index (χ0v) is 18.4. The highest BCUT2D eigenvalue weighted by Crippen LogP contribution is 2.50. The van der Waals surface area contributed by atoms with E-state index in [2.05, 4.69) is 22.2 Å². The van der Waals surface area contributed by atoms with Crippen molar-refractivity contribution in [1.29, 1.82) is 0 Å². The Morgan fingerprint density at radius 2 is 2.09 bits per heavy atom. The summed E-state index contributed by atoms with van der Waals surface area (Å²) in [5.74, 6) is -0.291. The molecule has 8 nitrogen and oxygen atoms in total. The van der Waals surface area contributed by atoms with E-state index in [0.29, 0.717) is 19.5 Å². The SMILES string of the molecule is C=CC(=O)N1CCC(NC(=O)[C@@H]2Sc3nccc4c3C2NC(=O)N4c2ccccc2C)C1. The number of aromatic nitrogens is 1. The average Bonchev–Trinajstić information content (AvgIpc) is 3.40. The van der Waals surface area contributed by atoms with E-state index in [1.807, 2.05) is 37.3 Å². The molecule has 9 heteroatoms. The van der Waals surface area contributed by atoms with Crippen LogP contribution in [0.1, 0.15) is 23.6 Å². The molecule has 0 bridgehead atoms. The lowest BCUT2D eigenvalue weighted by Gasteiger charge is -2.35. The van der Waals surface area contributed by atoms with Crippen LogP contribution in [0.25, 0.3) is 0 Å². The maximum atomic E-state index is 13.2. The van der Waals surface area contributed by atoms with Gasteiger partial charge >= 0.3 is 6.03 Å². The number of para-hydroxylation sites is 1. The number of rotatable bonds is 4. The van der Waals surface area contributed by atoms with E-state index in [4.69, 9.17) is 0 Å². The van der Waals surface area contributed by atoms with Gasteiger partial charge in [0.15, 0.2) is 0 Å². The summed E-state index contributed by atoms with van der Waals surface area (Å²) in [4.78, 5) is 46.0. The second kappa shape index (κ2) is 7.98. The van der Waals surface area contributed by atoms with Crippen LogP contribution in [-0.2, 0) is 9.59 Å². The van der Waals surface area contributed by atoms with Crippen molar-refractivity contribution in [3.8, 4) is 0 Å². The van der Waals surface area contributed by atoms with Crippen molar-refractivity contribution in [3.05, 3.63) is 60.3 Å². The lowest BCUT2D eigenvalue weighted by atomic mass is 9.99. The number of nitrogens with one attached hydrogen (secondary N) is 2. The minimum absolute atomic E-state index is 0.120. The van der Waals surface area contributed by atoms with Crippen molar-refractivity contribution in [2.75, 3.05) is 18.0 Å². The van der Waals surface area contributed by atoms with E-state index >= 15 is 0 Å². The molecule has 3 aliphatic heterocycles. The second-order valence-corrected chi connectivity index (χ2v) is 9.25. The fraction of sp³-hybridized carbons (Fsp3) is 0.304. The third kappa shape index (κ3) is 3.33. The highest BCUT2D eigenvalue weighted by molar-refractivity contribution is 8.01. The molecule has 1 fully saturated rings. The van der Waals surface area contributed by atoms with Gasteiger partial charge in [0, 0.05) is 30.9 Å². The van der Waals surface area contributed by atoms with E-state index in [9.17, 15) is 14.4 Å². The molecule has 2 N–H and O–H groups in total. The maximum Gasteiger partial charge on any atom is 0.327 e. The van der Waals surface area contributed by atoms with Gasteiger partial charge in [-0.3, -0.25) is 14.5 Å². The standard InChI is InChI=1S/C23H23N5O3S/c1-3-17(29)27-11-9-14(12-27)25-21(30)20-19-18-16(8-10-24-22(18)32-20)28(23(31)26-19)15-7-5-4-6-13(15)2/h3-8,10,14,19-20H,1,9,11-12H2,2H3,(H,25,30)(H,26,31)/t14?,19?,20-/m1/s1. The van der Waals surface area contributed by atoms with Crippen LogP contribution in [0.3, 0.4) is 0 Å². The van der Waals surface area contributed by atoms with E-state index in [1.165, 1.54) is 17.8 Å². The van der Waals surface area contributed by atoms with E-state index < -0.39 is 11.3 Å². The molecule has 4 amide bonds. The maximum absolute atomic E-state index is 13.2. The van der Waals surface area contributed by atoms with Crippen molar-refractivity contribution >= 4 is 41.0 Å². The van der Waals surface area contributed by atoms with Crippen molar-refractivity contribution in [2.45, 2.75) is 35.7 Å². The van der Waals surface area contributed by atoms with Crippen molar-refractivity contribution in [2.24, 2.45) is 0 Å². The first-order chi connectivity index (χ1) is 15.5. The number of carbonyl (C=O) groups excluding carboxylic acids is 3.